The van der Waals surface area contributed by atoms with Crippen LogP contribution in [-0.4, -0.2) is 11.0 Å². The van der Waals surface area contributed by atoms with Crippen molar-refractivity contribution in [1.82, 2.24) is 0 Å². The summed E-state index contributed by atoms with van der Waals surface area (Å²) in [6.45, 7) is 0. The van der Waals surface area contributed by atoms with Crippen molar-refractivity contribution < 1.29 is 9.90 Å². The summed E-state index contributed by atoms with van der Waals surface area (Å²) in [5.41, 5.74) is 2.21. The molecule has 1 aliphatic rings. The molecule has 3 heteroatoms. The number of carbonyl (C=O) groups excluding carboxylic acids is 1. The molecule has 0 saturated carbocycles. The molecule has 17 heavy (non-hydrogen) atoms. The molecule has 0 spiro atoms. The Morgan fingerprint density at radius 3 is 2.35 bits per heavy atom. The van der Waals surface area contributed by atoms with Crippen LogP contribution in [0.4, 0.5) is 11.4 Å². The maximum atomic E-state index is 12.0. The third-order valence-corrected chi connectivity index (χ3v) is 2.94. The van der Waals surface area contributed by atoms with Gasteiger partial charge in [-0.3, -0.25) is 9.69 Å². The fourth-order valence-electron chi connectivity index (χ4n) is 2.14. The lowest BCUT2D eigenvalue weighted by Crippen LogP contribution is -2.23. The van der Waals surface area contributed by atoms with E-state index in [1.807, 2.05) is 48.5 Å². The lowest BCUT2D eigenvalue weighted by atomic mass is 10.1. The molecule has 1 aliphatic heterocycles. The van der Waals surface area contributed by atoms with E-state index in [4.69, 9.17) is 0 Å². The van der Waals surface area contributed by atoms with Gasteiger partial charge in [0.25, 0.3) is 5.91 Å². The van der Waals surface area contributed by atoms with Gasteiger partial charge in [-0.2, -0.15) is 0 Å². The first-order valence-corrected chi connectivity index (χ1v) is 5.45. The monoisotopic (exact) mass is 225 g/mol. The Morgan fingerprint density at radius 1 is 0.941 bits per heavy atom. The molecule has 0 fully saturated rings. The number of hydrogen-bond donors (Lipinski definition) is 1. The minimum Gasteiger partial charge on any atom is -0.378 e. The van der Waals surface area contributed by atoms with Gasteiger partial charge < -0.3 is 5.11 Å². The number of anilines is 2. The molecule has 1 atom stereocenters. The number of hydrogen-bond acceptors (Lipinski definition) is 2. The zero-order valence-electron chi connectivity index (χ0n) is 9.08. The molecule has 3 rings (SSSR count). The molecule has 0 aromatic heterocycles. The van der Waals surface area contributed by atoms with Crippen molar-refractivity contribution in [2.75, 3.05) is 4.90 Å². The molecule has 0 aliphatic carbocycles. The highest BCUT2D eigenvalue weighted by Crippen LogP contribution is 2.40. The van der Waals surface area contributed by atoms with Crippen LogP contribution >= 0.6 is 0 Å². The van der Waals surface area contributed by atoms with E-state index in [9.17, 15) is 9.90 Å². The Kier molecular flexibility index (Phi) is 2.20. The van der Waals surface area contributed by atoms with Crippen LogP contribution in [0.3, 0.4) is 0 Å². The number of aliphatic hydroxyl groups excluding tert-OH is 1. The third-order valence-electron chi connectivity index (χ3n) is 2.94. The van der Waals surface area contributed by atoms with E-state index < -0.39 is 6.10 Å². The molecule has 1 amide bonds. The van der Waals surface area contributed by atoms with Crippen molar-refractivity contribution >= 4 is 17.3 Å². The highest BCUT2D eigenvalue weighted by atomic mass is 16.3. The average Bonchev–Trinajstić information content (AvgIpc) is 2.64. The summed E-state index contributed by atoms with van der Waals surface area (Å²) in [7, 11) is 0. The lowest BCUT2D eigenvalue weighted by molar-refractivity contribution is -0.125. The Labute approximate surface area is 98.9 Å². The van der Waals surface area contributed by atoms with E-state index in [2.05, 4.69) is 0 Å². The van der Waals surface area contributed by atoms with Crippen molar-refractivity contribution in [3.8, 4) is 0 Å². The Bertz CT molecular complexity index is 565. The second-order valence-electron chi connectivity index (χ2n) is 3.97. The topological polar surface area (TPSA) is 40.5 Å². The fourth-order valence-corrected chi connectivity index (χ4v) is 2.14. The first kappa shape index (κ1) is 10.1. The van der Waals surface area contributed by atoms with Crippen LogP contribution in [-0.2, 0) is 4.79 Å². The summed E-state index contributed by atoms with van der Waals surface area (Å²) in [6, 6.07) is 16.7. The summed E-state index contributed by atoms with van der Waals surface area (Å²) in [6.07, 6.45) is -1.05. The number of rotatable bonds is 1. The van der Waals surface area contributed by atoms with E-state index in [0.717, 1.165) is 11.4 Å². The number of amides is 1. The standard InChI is InChI=1S/C14H11NO2/c16-13-11-8-4-5-9-12(11)15(14(13)17)10-6-2-1-3-7-10/h1-9,13,16H. The van der Waals surface area contributed by atoms with Gasteiger partial charge in [-0.05, 0) is 18.2 Å². The third kappa shape index (κ3) is 1.44. The summed E-state index contributed by atoms with van der Waals surface area (Å²) < 4.78 is 0. The smallest absolute Gasteiger partial charge is 0.265 e. The number of para-hydroxylation sites is 2. The minimum absolute atomic E-state index is 0.294. The second kappa shape index (κ2) is 3.71. The van der Waals surface area contributed by atoms with Crippen molar-refractivity contribution in [1.29, 1.82) is 0 Å². The second-order valence-corrected chi connectivity index (χ2v) is 3.97. The van der Waals surface area contributed by atoms with E-state index in [-0.39, 0.29) is 5.91 Å². The molecule has 1 heterocycles. The van der Waals surface area contributed by atoms with Crippen LogP contribution in [0.2, 0.25) is 0 Å². The van der Waals surface area contributed by atoms with E-state index in [1.165, 1.54) is 0 Å². The van der Waals surface area contributed by atoms with Crippen LogP contribution in [0.25, 0.3) is 0 Å². The quantitative estimate of drug-likeness (QED) is 0.809. The fraction of sp³-hybridized carbons (Fsp3) is 0.0714. The molecule has 1 N–H and O–H groups in total. The Morgan fingerprint density at radius 2 is 1.59 bits per heavy atom. The predicted molar refractivity (Wildman–Crippen MR) is 65.0 cm³/mol. The average molecular weight is 225 g/mol. The van der Waals surface area contributed by atoms with Gasteiger partial charge in [-0.15, -0.1) is 0 Å². The molecule has 3 nitrogen and oxygen atoms in total. The zero-order valence-corrected chi connectivity index (χ0v) is 9.08. The van der Waals surface area contributed by atoms with Crippen molar-refractivity contribution in [3.63, 3.8) is 0 Å². The van der Waals surface area contributed by atoms with Crippen molar-refractivity contribution in [3.05, 3.63) is 60.2 Å². The number of aliphatic hydroxyl groups is 1. The first-order valence-electron chi connectivity index (χ1n) is 5.45. The summed E-state index contributed by atoms with van der Waals surface area (Å²) in [5.74, 6) is -0.294. The summed E-state index contributed by atoms with van der Waals surface area (Å²) >= 11 is 0. The van der Waals surface area contributed by atoms with Crippen LogP contribution in [0.1, 0.15) is 11.7 Å². The normalized spacial score (nSPS) is 18.3. The van der Waals surface area contributed by atoms with E-state index in [1.54, 1.807) is 11.0 Å². The molecule has 0 saturated heterocycles. The predicted octanol–water partition coefficient (Wildman–Crippen LogP) is 2.40. The maximum absolute atomic E-state index is 12.0. The van der Waals surface area contributed by atoms with Crippen molar-refractivity contribution in [2.45, 2.75) is 6.10 Å². The lowest BCUT2D eigenvalue weighted by Gasteiger charge is -2.17. The molecule has 84 valence electrons. The Hall–Kier alpha value is -2.13. The molecule has 0 radical (unpaired) electrons. The number of carbonyl (C=O) groups is 1. The maximum Gasteiger partial charge on any atom is 0.265 e. The van der Waals surface area contributed by atoms with E-state index in [0.29, 0.717) is 5.56 Å². The van der Waals surface area contributed by atoms with Gasteiger partial charge in [0, 0.05) is 11.3 Å². The van der Waals surface area contributed by atoms with Gasteiger partial charge in [-0.25, -0.2) is 0 Å². The highest BCUT2D eigenvalue weighted by molar-refractivity contribution is 6.09. The molecule has 0 bridgehead atoms. The molecule has 2 aromatic rings. The van der Waals surface area contributed by atoms with Crippen LogP contribution in [0.5, 0.6) is 0 Å². The highest BCUT2D eigenvalue weighted by Gasteiger charge is 2.36. The number of fused-ring (bicyclic) bond motifs is 1. The first-order chi connectivity index (χ1) is 8.29. The van der Waals surface area contributed by atoms with Gasteiger partial charge >= 0.3 is 0 Å². The molecular formula is C14H11NO2. The van der Waals surface area contributed by atoms with Crippen LogP contribution < -0.4 is 4.90 Å². The largest absolute Gasteiger partial charge is 0.378 e. The number of benzene rings is 2. The van der Waals surface area contributed by atoms with Crippen molar-refractivity contribution in [2.24, 2.45) is 0 Å². The van der Waals surface area contributed by atoms with Gasteiger partial charge in [-0.1, -0.05) is 36.4 Å². The van der Waals surface area contributed by atoms with Crippen LogP contribution in [0.15, 0.2) is 54.6 Å². The van der Waals surface area contributed by atoms with Gasteiger partial charge in [0.15, 0.2) is 6.10 Å². The molecule has 1 unspecified atom stereocenters. The van der Waals surface area contributed by atoms with Gasteiger partial charge in [0.2, 0.25) is 0 Å². The Balaban J connectivity index is 2.16. The van der Waals surface area contributed by atoms with Gasteiger partial charge in [0.1, 0.15) is 0 Å². The molecular weight excluding hydrogens is 214 g/mol. The zero-order chi connectivity index (χ0) is 11.8. The summed E-state index contributed by atoms with van der Waals surface area (Å²) in [4.78, 5) is 13.6. The van der Waals surface area contributed by atoms with E-state index >= 15 is 0 Å². The summed E-state index contributed by atoms with van der Waals surface area (Å²) in [5, 5.41) is 9.89. The van der Waals surface area contributed by atoms with Gasteiger partial charge in [0.05, 0.1) is 5.69 Å². The number of nitrogens with zero attached hydrogens (tertiary/aromatic N) is 1. The molecule has 2 aromatic carbocycles. The van der Waals surface area contributed by atoms with Crippen LogP contribution in [0, 0.1) is 0 Å². The SMILES string of the molecule is O=C1C(O)c2ccccc2N1c1ccccc1. The minimum atomic E-state index is -1.05.